The van der Waals surface area contributed by atoms with Gasteiger partial charge in [-0.2, -0.15) is 0 Å². The Kier molecular flexibility index (Phi) is 4.49. The summed E-state index contributed by atoms with van der Waals surface area (Å²) in [5.74, 6) is 0.556. The zero-order valence-corrected chi connectivity index (χ0v) is 16.2. The molecule has 3 aromatic rings. The zero-order chi connectivity index (χ0) is 18.9. The molecule has 1 saturated heterocycles. The first kappa shape index (κ1) is 17.3. The molecule has 2 aliphatic heterocycles. The maximum Gasteiger partial charge on any atom is 0.185 e. The molecular formula is C24H24BN3. The van der Waals surface area contributed by atoms with Crippen LogP contribution in [0.25, 0.3) is 0 Å². The van der Waals surface area contributed by atoms with Crippen molar-refractivity contribution < 1.29 is 0 Å². The van der Waals surface area contributed by atoms with Crippen molar-refractivity contribution in [1.29, 1.82) is 0 Å². The largest absolute Gasteiger partial charge is 0.380 e. The molecule has 2 aliphatic rings. The van der Waals surface area contributed by atoms with E-state index in [0.717, 1.165) is 35.6 Å². The van der Waals surface area contributed by atoms with Crippen LogP contribution in [0.15, 0.2) is 83.9 Å². The summed E-state index contributed by atoms with van der Waals surface area (Å²) in [4.78, 5) is 7.63. The lowest BCUT2D eigenvalue weighted by atomic mass is 9.88. The van der Waals surface area contributed by atoms with Crippen LogP contribution in [0, 0.1) is 0 Å². The summed E-state index contributed by atoms with van der Waals surface area (Å²) in [5, 5.41) is 3.80. The third kappa shape index (κ3) is 3.14. The van der Waals surface area contributed by atoms with Gasteiger partial charge in [-0.05, 0) is 31.1 Å². The summed E-state index contributed by atoms with van der Waals surface area (Å²) in [6.07, 6.45) is 1.18. The van der Waals surface area contributed by atoms with E-state index in [1.54, 1.807) is 0 Å². The van der Waals surface area contributed by atoms with Gasteiger partial charge in [0.2, 0.25) is 0 Å². The second kappa shape index (κ2) is 7.29. The molecule has 0 bridgehead atoms. The zero-order valence-electron chi connectivity index (χ0n) is 16.2. The van der Waals surface area contributed by atoms with Gasteiger partial charge < -0.3 is 10.1 Å². The molecule has 1 fully saturated rings. The van der Waals surface area contributed by atoms with Crippen LogP contribution in [-0.4, -0.2) is 37.6 Å². The number of piperidine rings is 1. The molecule has 28 heavy (non-hydrogen) atoms. The standard InChI is InChI=1S/C24H24BN3/c25-28-15-14-21-20(16-28)19-12-7-13-22(24(19)26-21)27-23(17-8-3-1-4-9-17)18-10-5-2-6-11-18/h1-13,20-21,26H,14-16,25H2. The molecule has 0 amide bonds. The molecule has 138 valence electrons. The van der Waals surface area contributed by atoms with Crippen LogP contribution in [0.4, 0.5) is 11.4 Å². The average molecular weight is 365 g/mol. The number of aliphatic imine (C=N–C) groups is 1. The van der Waals surface area contributed by atoms with E-state index in [9.17, 15) is 0 Å². The summed E-state index contributed by atoms with van der Waals surface area (Å²) in [6, 6.07) is 28.0. The lowest BCUT2D eigenvalue weighted by Gasteiger charge is -2.32. The van der Waals surface area contributed by atoms with Crippen LogP contribution < -0.4 is 5.32 Å². The van der Waals surface area contributed by atoms with Crippen molar-refractivity contribution in [2.75, 3.05) is 18.4 Å². The fraction of sp³-hybridized carbons (Fsp3) is 0.208. The van der Waals surface area contributed by atoms with Crippen molar-refractivity contribution >= 4 is 25.1 Å². The van der Waals surface area contributed by atoms with Gasteiger partial charge >= 0.3 is 0 Å². The van der Waals surface area contributed by atoms with E-state index < -0.39 is 0 Å². The number of hydrogen-bond donors (Lipinski definition) is 1. The van der Waals surface area contributed by atoms with Crippen molar-refractivity contribution in [3.05, 3.63) is 95.6 Å². The first-order valence-electron chi connectivity index (χ1n) is 10.1. The number of anilines is 1. The number of nitrogens with zero attached hydrogens (tertiary/aromatic N) is 2. The predicted octanol–water partition coefficient (Wildman–Crippen LogP) is 3.99. The van der Waals surface area contributed by atoms with E-state index in [0.29, 0.717) is 12.0 Å². The van der Waals surface area contributed by atoms with Gasteiger partial charge in [0.1, 0.15) is 0 Å². The van der Waals surface area contributed by atoms with Gasteiger partial charge in [-0.25, -0.2) is 4.99 Å². The van der Waals surface area contributed by atoms with Crippen molar-refractivity contribution in [2.45, 2.75) is 18.4 Å². The SMILES string of the molecule is BN1CCC2Nc3c(N=C(c4ccccc4)c4ccccc4)cccc3C2C1. The van der Waals surface area contributed by atoms with E-state index in [2.05, 4.69) is 97.0 Å². The number of nitrogens with one attached hydrogen (secondary N) is 1. The highest BCUT2D eigenvalue weighted by Gasteiger charge is 2.36. The fourth-order valence-electron chi connectivity index (χ4n) is 4.51. The highest BCUT2D eigenvalue weighted by Crippen LogP contribution is 2.44. The minimum Gasteiger partial charge on any atom is -0.380 e. The van der Waals surface area contributed by atoms with Crippen LogP contribution in [0.5, 0.6) is 0 Å². The molecule has 5 rings (SSSR count). The molecule has 0 aliphatic carbocycles. The third-order valence-corrected chi connectivity index (χ3v) is 5.95. The van der Waals surface area contributed by atoms with Crippen LogP contribution >= 0.6 is 0 Å². The van der Waals surface area contributed by atoms with E-state index in [-0.39, 0.29) is 0 Å². The summed E-state index contributed by atoms with van der Waals surface area (Å²) < 4.78 is 0. The molecule has 0 saturated carbocycles. The van der Waals surface area contributed by atoms with Crippen molar-refractivity contribution in [2.24, 2.45) is 4.99 Å². The van der Waals surface area contributed by atoms with Crippen LogP contribution in [0.1, 0.15) is 29.0 Å². The Morgan fingerprint density at radius 1 is 0.893 bits per heavy atom. The van der Waals surface area contributed by atoms with Crippen molar-refractivity contribution in [1.82, 2.24) is 4.81 Å². The van der Waals surface area contributed by atoms with Crippen molar-refractivity contribution in [3.8, 4) is 0 Å². The van der Waals surface area contributed by atoms with Gasteiger partial charge in [-0.3, -0.25) is 0 Å². The van der Waals surface area contributed by atoms with E-state index in [1.807, 2.05) is 0 Å². The van der Waals surface area contributed by atoms with E-state index >= 15 is 0 Å². The van der Waals surface area contributed by atoms with Gasteiger partial charge in [0, 0.05) is 23.1 Å². The van der Waals surface area contributed by atoms with Crippen LogP contribution in [-0.2, 0) is 0 Å². The Morgan fingerprint density at radius 3 is 2.25 bits per heavy atom. The molecule has 0 aromatic heterocycles. The molecule has 4 heteroatoms. The number of rotatable bonds is 3. The second-order valence-corrected chi connectivity index (χ2v) is 7.84. The molecule has 3 aromatic carbocycles. The number of para-hydroxylation sites is 1. The molecule has 3 nitrogen and oxygen atoms in total. The maximum absolute atomic E-state index is 5.19. The Bertz CT molecular complexity index is 959. The maximum atomic E-state index is 5.19. The molecule has 2 atom stereocenters. The quantitative estimate of drug-likeness (QED) is 0.562. The molecule has 0 radical (unpaired) electrons. The normalized spacial score (nSPS) is 20.7. The predicted molar refractivity (Wildman–Crippen MR) is 120 cm³/mol. The Labute approximate surface area is 167 Å². The summed E-state index contributed by atoms with van der Waals surface area (Å²) in [6.45, 7) is 2.27. The van der Waals surface area contributed by atoms with Crippen LogP contribution in [0.2, 0.25) is 0 Å². The summed E-state index contributed by atoms with van der Waals surface area (Å²) in [5.41, 5.74) is 6.97. The Balaban J connectivity index is 1.62. The average Bonchev–Trinajstić information content (AvgIpc) is 3.12. The number of fused-ring (bicyclic) bond motifs is 3. The molecule has 1 N–H and O–H groups in total. The van der Waals surface area contributed by atoms with Crippen molar-refractivity contribution in [3.63, 3.8) is 0 Å². The van der Waals surface area contributed by atoms with Gasteiger partial charge in [-0.1, -0.05) is 72.8 Å². The lowest BCUT2D eigenvalue weighted by molar-refractivity contribution is 0.319. The Hall–Kier alpha value is -2.85. The first-order chi connectivity index (χ1) is 13.8. The van der Waals surface area contributed by atoms with Gasteiger partial charge in [-0.15, -0.1) is 0 Å². The van der Waals surface area contributed by atoms with Gasteiger partial charge in [0.25, 0.3) is 0 Å². The van der Waals surface area contributed by atoms with E-state index in [4.69, 9.17) is 4.99 Å². The summed E-state index contributed by atoms with van der Waals surface area (Å²) in [7, 11) is 2.22. The fourth-order valence-corrected chi connectivity index (χ4v) is 4.51. The molecule has 0 spiro atoms. The highest BCUT2D eigenvalue weighted by atomic mass is 15.1. The lowest BCUT2D eigenvalue weighted by Crippen LogP contribution is -2.40. The molecule has 2 heterocycles. The minimum absolute atomic E-state index is 0.527. The smallest absolute Gasteiger partial charge is 0.185 e. The topological polar surface area (TPSA) is 27.6 Å². The summed E-state index contributed by atoms with van der Waals surface area (Å²) >= 11 is 0. The monoisotopic (exact) mass is 365 g/mol. The van der Waals surface area contributed by atoms with E-state index in [1.165, 1.54) is 17.7 Å². The molecular weight excluding hydrogens is 341 g/mol. The number of hydrogen-bond acceptors (Lipinski definition) is 3. The van der Waals surface area contributed by atoms with Crippen LogP contribution in [0.3, 0.4) is 0 Å². The highest BCUT2D eigenvalue weighted by molar-refractivity contribution is 6.14. The second-order valence-electron chi connectivity index (χ2n) is 7.84. The van der Waals surface area contributed by atoms with Gasteiger partial charge in [0.15, 0.2) is 7.98 Å². The third-order valence-electron chi connectivity index (χ3n) is 5.95. The molecule has 2 unspecified atom stereocenters. The minimum atomic E-state index is 0.527. The van der Waals surface area contributed by atoms with Gasteiger partial charge in [0.05, 0.1) is 17.1 Å². The Morgan fingerprint density at radius 2 is 1.57 bits per heavy atom. The first-order valence-corrected chi connectivity index (χ1v) is 10.1. The number of benzene rings is 3.